The fourth-order valence-electron chi connectivity index (χ4n) is 5.08. The maximum atomic E-state index is 6.23. The van der Waals surface area contributed by atoms with E-state index in [2.05, 4.69) is 19.9 Å². The van der Waals surface area contributed by atoms with Crippen LogP contribution in [0.2, 0.25) is 0 Å². The Morgan fingerprint density at radius 2 is 1.00 bits per heavy atom. The first kappa shape index (κ1) is 20.3. The van der Waals surface area contributed by atoms with Crippen LogP contribution in [0.5, 0.6) is 23.3 Å². The summed E-state index contributed by atoms with van der Waals surface area (Å²) in [6.07, 6.45) is 12.5. The number of ether oxygens (including phenoxy) is 2. The van der Waals surface area contributed by atoms with Crippen molar-refractivity contribution in [3.8, 4) is 23.3 Å². The van der Waals surface area contributed by atoms with Crippen LogP contribution in [-0.2, 0) is 25.7 Å². The summed E-state index contributed by atoms with van der Waals surface area (Å²) in [4.78, 5) is 22.8. The number of aromatic nitrogens is 4. The third-order valence-corrected chi connectivity index (χ3v) is 9.09. The van der Waals surface area contributed by atoms with Gasteiger partial charge in [0.25, 0.3) is 0 Å². The van der Waals surface area contributed by atoms with Gasteiger partial charge in [0.15, 0.2) is 0 Å². The van der Waals surface area contributed by atoms with E-state index in [9.17, 15) is 0 Å². The van der Waals surface area contributed by atoms with Crippen molar-refractivity contribution in [1.82, 2.24) is 19.9 Å². The quantitative estimate of drug-likeness (QED) is 0.271. The molecular weight excluding hydrogens is 464 g/mol. The standard InChI is InChI=1S/C26H22N4O2S2/c1-3-7-19-17(5-1)21-23(27-13-29-25(21)33-19)31-15-9-11-16(12-10-15)32-24-22-18-6-2-4-8-20(18)34-26(22)30-14-28-24/h9-14H,1-8H2. The zero-order chi connectivity index (χ0) is 22.5. The Hall–Kier alpha value is -3.10. The lowest BCUT2D eigenvalue weighted by Crippen LogP contribution is -1.99. The molecule has 0 atom stereocenters. The average Bonchev–Trinajstić information content (AvgIpc) is 3.45. The lowest BCUT2D eigenvalue weighted by atomic mass is 9.97. The number of thiophene rings is 2. The fourth-order valence-corrected chi connectivity index (χ4v) is 7.52. The summed E-state index contributed by atoms with van der Waals surface area (Å²) >= 11 is 3.55. The Labute approximate surface area is 204 Å². The van der Waals surface area contributed by atoms with E-state index in [-0.39, 0.29) is 0 Å². The Bertz CT molecular complexity index is 1410. The second-order valence-corrected chi connectivity index (χ2v) is 11.0. The van der Waals surface area contributed by atoms with E-state index >= 15 is 0 Å². The molecule has 0 saturated carbocycles. The summed E-state index contributed by atoms with van der Waals surface area (Å²) in [6, 6.07) is 7.68. The zero-order valence-electron chi connectivity index (χ0n) is 18.5. The van der Waals surface area contributed by atoms with E-state index in [1.54, 1.807) is 35.3 Å². The van der Waals surface area contributed by atoms with Crippen molar-refractivity contribution in [2.45, 2.75) is 51.4 Å². The van der Waals surface area contributed by atoms with Gasteiger partial charge in [-0.1, -0.05) is 0 Å². The molecular formula is C26H22N4O2S2. The zero-order valence-corrected chi connectivity index (χ0v) is 20.2. The summed E-state index contributed by atoms with van der Waals surface area (Å²) in [7, 11) is 0. The minimum absolute atomic E-state index is 0.639. The Balaban J connectivity index is 1.17. The second-order valence-electron chi connectivity index (χ2n) is 8.82. The summed E-state index contributed by atoms with van der Waals surface area (Å²) in [6.45, 7) is 0. The number of aryl methyl sites for hydroxylation is 4. The van der Waals surface area contributed by atoms with Gasteiger partial charge in [0, 0.05) is 9.75 Å². The molecule has 0 radical (unpaired) electrons. The Morgan fingerprint density at radius 3 is 1.47 bits per heavy atom. The highest BCUT2D eigenvalue weighted by molar-refractivity contribution is 7.19. The van der Waals surface area contributed by atoms with Crippen molar-refractivity contribution in [1.29, 1.82) is 0 Å². The highest BCUT2D eigenvalue weighted by Gasteiger charge is 2.22. The average molecular weight is 487 g/mol. The molecule has 170 valence electrons. The molecule has 0 unspecified atom stereocenters. The fraction of sp³-hybridized carbons (Fsp3) is 0.308. The van der Waals surface area contributed by atoms with E-state index in [1.807, 2.05) is 24.3 Å². The normalized spacial score (nSPS) is 15.3. The maximum absolute atomic E-state index is 6.23. The molecule has 4 aromatic heterocycles. The third-order valence-electron chi connectivity index (χ3n) is 6.69. The number of benzene rings is 1. The largest absolute Gasteiger partial charge is 0.438 e. The van der Waals surface area contributed by atoms with E-state index < -0.39 is 0 Å². The van der Waals surface area contributed by atoms with Crippen molar-refractivity contribution >= 4 is 43.1 Å². The molecule has 0 spiro atoms. The molecule has 0 fully saturated rings. The molecule has 34 heavy (non-hydrogen) atoms. The molecule has 2 aliphatic carbocycles. The first-order valence-corrected chi connectivity index (χ1v) is 13.4. The van der Waals surface area contributed by atoms with E-state index in [0.717, 1.165) is 57.6 Å². The number of hydrogen-bond acceptors (Lipinski definition) is 8. The molecule has 0 amide bonds. The Kier molecular flexibility index (Phi) is 4.94. The summed E-state index contributed by atoms with van der Waals surface area (Å²) in [5.41, 5.74) is 2.74. The Morgan fingerprint density at radius 1 is 0.559 bits per heavy atom. The molecule has 6 nitrogen and oxygen atoms in total. The van der Waals surface area contributed by atoms with Crippen LogP contribution < -0.4 is 9.47 Å². The van der Waals surface area contributed by atoms with Crippen LogP contribution in [-0.4, -0.2) is 19.9 Å². The molecule has 2 aliphatic rings. The van der Waals surface area contributed by atoms with Crippen LogP contribution in [0.1, 0.15) is 46.6 Å². The first-order chi connectivity index (χ1) is 16.8. The summed E-state index contributed by atoms with van der Waals surface area (Å²) in [5, 5.41) is 2.15. The number of rotatable bonds is 4. The molecule has 7 rings (SSSR count). The van der Waals surface area contributed by atoms with Gasteiger partial charge in [-0.3, -0.25) is 0 Å². The maximum Gasteiger partial charge on any atom is 0.231 e. The SMILES string of the molecule is c1nc(Oc2ccc(Oc3ncnc4sc5c(c34)CCCC5)cc2)c2c3c(sc2n1)CCCC3. The van der Waals surface area contributed by atoms with Crippen LogP contribution in [0.15, 0.2) is 36.9 Å². The van der Waals surface area contributed by atoms with Gasteiger partial charge in [-0.15, -0.1) is 22.7 Å². The van der Waals surface area contributed by atoms with Gasteiger partial charge in [0.2, 0.25) is 11.8 Å². The lowest BCUT2D eigenvalue weighted by Gasteiger charge is -2.13. The first-order valence-electron chi connectivity index (χ1n) is 11.8. The lowest BCUT2D eigenvalue weighted by molar-refractivity contribution is 0.455. The second kappa shape index (κ2) is 8.29. The highest BCUT2D eigenvalue weighted by atomic mass is 32.1. The van der Waals surface area contributed by atoms with Crippen LogP contribution >= 0.6 is 22.7 Å². The van der Waals surface area contributed by atoms with Crippen molar-refractivity contribution in [3.63, 3.8) is 0 Å². The van der Waals surface area contributed by atoms with Crippen LogP contribution in [0.25, 0.3) is 20.4 Å². The van der Waals surface area contributed by atoms with Gasteiger partial charge >= 0.3 is 0 Å². The summed E-state index contributed by atoms with van der Waals surface area (Å²) < 4.78 is 12.5. The highest BCUT2D eigenvalue weighted by Crippen LogP contribution is 2.42. The van der Waals surface area contributed by atoms with Crippen LogP contribution in [0, 0.1) is 0 Å². The molecule has 0 saturated heterocycles. The number of nitrogens with zero attached hydrogens (tertiary/aromatic N) is 4. The summed E-state index contributed by atoms with van der Waals surface area (Å²) in [5.74, 6) is 2.73. The number of hydrogen-bond donors (Lipinski definition) is 0. The topological polar surface area (TPSA) is 70.0 Å². The number of fused-ring (bicyclic) bond motifs is 6. The molecule has 5 aromatic rings. The van der Waals surface area contributed by atoms with Gasteiger partial charge in [0.05, 0.1) is 10.8 Å². The van der Waals surface area contributed by atoms with Crippen molar-refractivity contribution in [3.05, 3.63) is 57.8 Å². The van der Waals surface area contributed by atoms with Gasteiger partial charge < -0.3 is 9.47 Å². The molecule has 1 aromatic carbocycles. The van der Waals surface area contributed by atoms with Crippen molar-refractivity contribution in [2.75, 3.05) is 0 Å². The van der Waals surface area contributed by atoms with Gasteiger partial charge in [0.1, 0.15) is 33.8 Å². The van der Waals surface area contributed by atoms with Gasteiger partial charge in [-0.05, 0) is 86.8 Å². The van der Waals surface area contributed by atoms with Crippen LogP contribution in [0.3, 0.4) is 0 Å². The molecule has 8 heteroatoms. The minimum Gasteiger partial charge on any atom is -0.438 e. The monoisotopic (exact) mass is 486 g/mol. The third kappa shape index (κ3) is 3.44. The molecule has 0 bridgehead atoms. The van der Waals surface area contributed by atoms with Gasteiger partial charge in [-0.25, -0.2) is 19.9 Å². The van der Waals surface area contributed by atoms with Crippen LogP contribution in [0.4, 0.5) is 0 Å². The predicted octanol–water partition coefficient (Wildman–Crippen LogP) is 7.04. The van der Waals surface area contributed by atoms with Crippen molar-refractivity contribution < 1.29 is 9.47 Å². The minimum atomic E-state index is 0.639. The molecule has 0 aliphatic heterocycles. The molecule has 0 N–H and O–H groups in total. The van der Waals surface area contributed by atoms with Crippen molar-refractivity contribution in [2.24, 2.45) is 0 Å². The van der Waals surface area contributed by atoms with E-state index in [4.69, 9.17) is 9.47 Å². The smallest absolute Gasteiger partial charge is 0.231 e. The van der Waals surface area contributed by atoms with E-state index in [0.29, 0.717) is 11.8 Å². The molecule has 4 heterocycles. The van der Waals surface area contributed by atoms with E-state index in [1.165, 1.54) is 46.6 Å². The predicted molar refractivity (Wildman–Crippen MR) is 135 cm³/mol. The van der Waals surface area contributed by atoms with Gasteiger partial charge in [-0.2, -0.15) is 0 Å².